The summed E-state index contributed by atoms with van der Waals surface area (Å²) in [7, 11) is 0. The zero-order chi connectivity index (χ0) is 18.2. The van der Waals surface area contributed by atoms with Gasteiger partial charge in [0, 0.05) is 18.7 Å². The summed E-state index contributed by atoms with van der Waals surface area (Å²) < 4.78 is 5.37. The molecule has 25 heavy (non-hydrogen) atoms. The molecule has 3 rings (SSSR count). The number of amides is 1. The first-order chi connectivity index (χ1) is 11.8. The van der Waals surface area contributed by atoms with Gasteiger partial charge in [0.05, 0.1) is 5.02 Å². The fourth-order valence-electron chi connectivity index (χ4n) is 3.87. The first-order valence-electron chi connectivity index (χ1n) is 8.79. The number of halogens is 1. The molecule has 0 bridgehead atoms. The topological polar surface area (TPSA) is 46.3 Å². The van der Waals surface area contributed by atoms with Crippen molar-refractivity contribution in [1.29, 1.82) is 0 Å². The van der Waals surface area contributed by atoms with E-state index in [2.05, 4.69) is 25.9 Å². The summed E-state index contributed by atoms with van der Waals surface area (Å²) in [6.07, 6.45) is 2.14. The normalized spacial score (nSPS) is 20.4. The molecule has 0 saturated carbocycles. The lowest BCUT2D eigenvalue weighted by atomic mass is 9.83. The minimum atomic E-state index is -0.0177. The van der Waals surface area contributed by atoms with Gasteiger partial charge < -0.3 is 9.42 Å². The van der Waals surface area contributed by atoms with E-state index in [0.717, 1.165) is 31.5 Å². The van der Waals surface area contributed by atoms with Gasteiger partial charge >= 0.3 is 0 Å². The Balaban J connectivity index is 1.98. The maximum absolute atomic E-state index is 13.3. The lowest BCUT2D eigenvalue weighted by Gasteiger charge is -2.30. The molecule has 0 radical (unpaired) electrons. The summed E-state index contributed by atoms with van der Waals surface area (Å²) in [6, 6.07) is 7.41. The Morgan fingerprint density at radius 2 is 2.08 bits per heavy atom. The predicted octanol–water partition coefficient (Wildman–Crippen LogP) is 5.20. The van der Waals surface area contributed by atoms with E-state index in [4.69, 9.17) is 16.1 Å². The molecule has 1 aliphatic heterocycles. The summed E-state index contributed by atoms with van der Waals surface area (Å²) in [5.74, 6) is 1.13. The summed E-state index contributed by atoms with van der Waals surface area (Å²) in [5.41, 5.74) is 1.88. The van der Waals surface area contributed by atoms with Gasteiger partial charge in [0.1, 0.15) is 17.0 Å². The van der Waals surface area contributed by atoms with E-state index in [0.29, 0.717) is 28.0 Å². The van der Waals surface area contributed by atoms with Crippen LogP contribution in [0.25, 0.3) is 11.3 Å². The third kappa shape index (κ3) is 3.74. The lowest BCUT2D eigenvalue weighted by Crippen LogP contribution is -2.38. The van der Waals surface area contributed by atoms with Crippen LogP contribution in [-0.4, -0.2) is 29.1 Å². The molecule has 1 unspecified atom stereocenters. The van der Waals surface area contributed by atoms with Gasteiger partial charge in [-0.3, -0.25) is 4.79 Å². The van der Waals surface area contributed by atoms with Crippen LogP contribution in [0, 0.1) is 18.3 Å². The Bertz CT molecular complexity index is 782. The highest BCUT2D eigenvalue weighted by molar-refractivity contribution is 6.33. The fourth-order valence-corrected chi connectivity index (χ4v) is 4.10. The average molecular weight is 361 g/mol. The standard InChI is InChI=1S/C20H25ClN2O2/c1-13-9-10-23(12-20(3,4)11-13)19(24)17-14(2)25-22-18(17)15-7-5-6-8-16(15)21/h5-8,13H,9-12H2,1-4H3. The number of hydrogen-bond donors (Lipinski definition) is 0. The monoisotopic (exact) mass is 360 g/mol. The zero-order valence-corrected chi connectivity index (χ0v) is 16.1. The van der Waals surface area contributed by atoms with Crippen LogP contribution in [0.15, 0.2) is 28.8 Å². The Hall–Kier alpha value is -1.81. The number of nitrogens with zero attached hydrogens (tertiary/aromatic N) is 2. The second-order valence-electron chi connectivity index (χ2n) is 7.93. The van der Waals surface area contributed by atoms with E-state index in [9.17, 15) is 4.79 Å². The second kappa shape index (κ2) is 6.83. The molecular weight excluding hydrogens is 336 g/mol. The lowest BCUT2D eigenvalue weighted by molar-refractivity contribution is 0.0705. The van der Waals surface area contributed by atoms with Crippen molar-refractivity contribution in [2.24, 2.45) is 11.3 Å². The second-order valence-corrected chi connectivity index (χ2v) is 8.34. The summed E-state index contributed by atoms with van der Waals surface area (Å²) >= 11 is 6.31. The third-order valence-electron chi connectivity index (χ3n) is 4.90. The van der Waals surface area contributed by atoms with Crippen molar-refractivity contribution < 1.29 is 9.32 Å². The van der Waals surface area contributed by atoms with Crippen molar-refractivity contribution >= 4 is 17.5 Å². The number of aromatic nitrogens is 1. The summed E-state index contributed by atoms with van der Waals surface area (Å²) in [6.45, 7) is 10.00. The van der Waals surface area contributed by atoms with Gasteiger partial charge in [-0.1, -0.05) is 55.7 Å². The van der Waals surface area contributed by atoms with Crippen LogP contribution in [0.3, 0.4) is 0 Å². The van der Waals surface area contributed by atoms with Crippen LogP contribution in [0.4, 0.5) is 0 Å². The molecule has 1 aromatic carbocycles. The smallest absolute Gasteiger partial charge is 0.259 e. The number of likely N-dealkylation sites (tertiary alicyclic amines) is 1. The van der Waals surface area contributed by atoms with E-state index in [-0.39, 0.29) is 11.3 Å². The highest BCUT2D eigenvalue weighted by atomic mass is 35.5. The number of benzene rings is 1. The first kappa shape index (κ1) is 18.0. The third-order valence-corrected chi connectivity index (χ3v) is 5.23. The van der Waals surface area contributed by atoms with Crippen LogP contribution in [0.5, 0.6) is 0 Å². The van der Waals surface area contributed by atoms with E-state index < -0.39 is 0 Å². The van der Waals surface area contributed by atoms with Crippen LogP contribution in [-0.2, 0) is 0 Å². The first-order valence-corrected chi connectivity index (χ1v) is 9.17. The maximum Gasteiger partial charge on any atom is 0.259 e. The van der Waals surface area contributed by atoms with Gasteiger partial charge in [0.2, 0.25) is 0 Å². The summed E-state index contributed by atoms with van der Waals surface area (Å²) in [4.78, 5) is 15.3. The molecule has 1 amide bonds. The van der Waals surface area contributed by atoms with Crippen molar-refractivity contribution in [3.8, 4) is 11.3 Å². The fraction of sp³-hybridized carbons (Fsp3) is 0.500. The summed E-state index contributed by atoms with van der Waals surface area (Å²) in [5, 5.41) is 4.70. The van der Waals surface area contributed by atoms with Crippen molar-refractivity contribution in [2.45, 2.75) is 40.5 Å². The number of aryl methyl sites for hydroxylation is 1. The molecule has 0 N–H and O–H groups in total. The number of hydrogen-bond acceptors (Lipinski definition) is 3. The van der Waals surface area contributed by atoms with Crippen molar-refractivity contribution in [1.82, 2.24) is 10.1 Å². The van der Waals surface area contributed by atoms with Gasteiger partial charge in [0.25, 0.3) is 5.91 Å². The molecule has 1 aliphatic rings. The zero-order valence-electron chi connectivity index (χ0n) is 15.3. The molecule has 0 aliphatic carbocycles. The number of carbonyl (C=O) groups is 1. The van der Waals surface area contributed by atoms with Crippen LogP contribution >= 0.6 is 11.6 Å². The molecule has 2 heterocycles. The molecule has 4 nitrogen and oxygen atoms in total. The van der Waals surface area contributed by atoms with Crippen LogP contribution in [0.2, 0.25) is 5.02 Å². The average Bonchev–Trinajstić information content (AvgIpc) is 2.84. The van der Waals surface area contributed by atoms with Crippen LogP contribution < -0.4 is 0 Å². The molecule has 1 fully saturated rings. The minimum absolute atomic E-state index is 0.0177. The molecule has 1 aromatic heterocycles. The van der Waals surface area contributed by atoms with Gasteiger partial charge in [-0.25, -0.2) is 0 Å². The number of carbonyl (C=O) groups excluding carboxylic acids is 1. The van der Waals surface area contributed by atoms with Gasteiger partial charge in [-0.05, 0) is 37.2 Å². The molecule has 2 aromatic rings. The Morgan fingerprint density at radius 3 is 2.80 bits per heavy atom. The Labute approximate surface area is 154 Å². The molecule has 0 spiro atoms. The minimum Gasteiger partial charge on any atom is -0.360 e. The molecule has 1 saturated heterocycles. The molecular formula is C20H25ClN2O2. The van der Waals surface area contributed by atoms with E-state index in [1.807, 2.05) is 23.1 Å². The molecule has 134 valence electrons. The van der Waals surface area contributed by atoms with E-state index in [1.165, 1.54) is 0 Å². The quantitative estimate of drug-likeness (QED) is 0.739. The Kier molecular flexibility index (Phi) is 4.92. The maximum atomic E-state index is 13.3. The highest BCUT2D eigenvalue weighted by Crippen LogP contribution is 2.35. The molecule has 1 atom stereocenters. The largest absolute Gasteiger partial charge is 0.360 e. The van der Waals surface area contributed by atoms with Crippen molar-refractivity contribution in [3.05, 3.63) is 40.6 Å². The van der Waals surface area contributed by atoms with Gasteiger partial charge in [-0.15, -0.1) is 0 Å². The van der Waals surface area contributed by atoms with E-state index >= 15 is 0 Å². The van der Waals surface area contributed by atoms with E-state index in [1.54, 1.807) is 13.0 Å². The van der Waals surface area contributed by atoms with Gasteiger partial charge in [-0.2, -0.15) is 0 Å². The predicted molar refractivity (Wildman–Crippen MR) is 99.8 cm³/mol. The van der Waals surface area contributed by atoms with Gasteiger partial charge in [0.15, 0.2) is 0 Å². The SMILES string of the molecule is Cc1onc(-c2ccccc2Cl)c1C(=O)N1CCC(C)CC(C)(C)C1. The van der Waals surface area contributed by atoms with Crippen molar-refractivity contribution in [3.63, 3.8) is 0 Å². The molecule has 5 heteroatoms. The van der Waals surface area contributed by atoms with Crippen molar-refractivity contribution in [2.75, 3.05) is 13.1 Å². The highest BCUT2D eigenvalue weighted by Gasteiger charge is 2.33. The van der Waals surface area contributed by atoms with Crippen LogP contribution in [0.1, 0.15) is 49.7 Å². The number of rotatable bonds is 2. The Morgan fingerprint density at radius 1 is 1.36 bits per heavy atom.